The van der Waals surface area contributed by atoms with Crippen molar-refractivity contribution in [1.29, 1.82) is 0 Å². The molecule has 8 nitrogen and oxygen atoms in total. The minimum absolute atomic E-state index is 0.0500. The van der Waals surface area contributed by atoms with E-state index in [1.54, 1.807) is 0 Å². The average Bonchev–Trinajstić information content (AvgIpc) is 3.12. The Bertz CT molecular complexity index is 998. The van der Waals surface area contributed by atoms with E-state index in [1.807, 2.05) is 0 Å². The molecule has 1 amide bonds. The number of rotatable bonds is 5. The molecule has 0 aliphatic rings. The van der Waals surface area contributed by atoms with Crippen molar-refractivity contribution in [1.82, 2.24) is 9.78 Å². The summed E-state index contributed by atoms with van der Waals surface area (Å²) >= 11 is 0. The molecule has 0 atom stereocenters. The molecule has 1 aromatic heterocycles. The van der Waals surface area contributed by atoms with Gasteiger partial charge >= 0.3 is 6.36 Å². The number of amides is 1. The topological polar surface area (TPSA) is 99.3 Å². The van der Waals surface area contributed by atoms with Crippen LogP contribution in [0.2, 0.25) is 0 Å². The number of nitrogens with one attached hydrogen (secondary N) is 1. The highest BCUT2D eigenvalue weighted by Gasteiger charge is 2.31. The zero-order chi connectivity index (χ0) is 20.3. The number of halogens is 3. The Kier molecular flexibility index (Phi) is 4.98. The Balaban J connectivity index is 1.68. The molecule has 1 N–H and O–H groups in total. The Labute approximate surface area is 155 Å². The van der Waals surface area contributed by atoms with Crippen LogP contribution < -0.4 is 10.1 Å². The van der Waals surface area contributed by atoms with Gasteiger partial charge in [0, 0.05) is 24.0 Å². The molecule has 0 spiro atoms. The predicted molar refractivity (Wildman–Crippen MR) is 91.3 cm³/mol. The average molecular weight is 392 g/mol. The van der Waals surface area contributed by atoms with Gasteiger partial charge in [0.05, 0.1) is 10.6 Å². The Morgan fingerprint density at radius 2 is 1.71 bits per heavy atom. The maximum Gasteiger partial charge on any atom is 0.573 e. The predicted octanol–water partition coefficient (Wildman–Crippen LogP) is 3.93. The van der Waals surface area contributed by atoms with E-state index in [-0.39, 0.29) is 17.1 Å². The summed E-state index contributed by atoms with van der Waals surface area (Å²) in [5, 5.41) is 17.2. The molecule has 0 bridgehead atoms. The number of carbonyl (C=O) groups is 1. The van der Waals surface area contributed by atoms with Gasteiger partial charge in [0.25, 0.3) is 11.6 Å². The van der Waals surface area contributed by atoms with Crippen molar-refractivity contribution in [3.8, 4) is 11.4 Å². The fraction of sp³-hybridized carbons (Fsp3) is 0.0588. The Morgan fingerprint density at radius 3 is 2.29 bits per heavy atom. The molecule has 11 heteroatoms. The van der Waals surface area contributed by atoms with Gasteiger partial charge in [0.1, 0.15) is 5.75 Å². The molecule has 0 saturated carbocycles. The molecule has 0 unspecified atom stereocenters. The second-order valence-electron chi connectivity index (χ2n) is 5.45. The highest BCUT2D eigenvalue weighted by Crippen LogP contribution is 2.24. The van der Waals surface area contributed by atoms with Crippen LogP contribution in [0.3, 0.4) is 0 Å². The molecule has 0 radical (unpaired) electrons. The maximum atomic E-state index is 12.2. The van der Waals surface area contributed by atoms with Crippen LogP contribution in [0.4, 0.5) is 24.5 Å². The third-order valence-electron chi connectivity index (χ3n) is 3.49. The number of ether oxygens (including phenoxy) is 1. The van der Waals surface area contributed by atoms with Crippen LogP contribution >= 0.6 is 0 Å². The summed E-state index contributed by atoms with van der Waals surface area (Å²) in [6.07, 6.45) is -3.30. The molecule has 28 heavy (non-hydrogen) atoms. The van der Waals surface area contributed by atoms with E-state index < -0.39 is 22.9 Å². The summed E-state index contributed by atoms with van der Waals surface area (Å²) in [7, 11) is 0. The van der Waals surface area contributed by atoms with Crippen LogP contribution in [0.5, 0.6) is 5.75 Å². The van der Waals surface area contributed by atoms with Gasteiger partial charge in [-0.25, -0.2) is 4.68 Å². The van der Waals surface area contributed by atoms with Crippen molar-refractivity contribution in [3.05, 3.63) is 76.6 Å². The van der Waals surface area contributed by atoms with Crippen molar-refractivity contribution in [2.24, 2.45) is 0 Å². The van der Waals surface area contributed by atoms with Crippen molar-refractivity contribution in [2.75, 3.05) is 5.32 Å². The van der Waals surface area contributed by atoms with Crippen molar-refractivity contribution < 1.29 is 27.6 Å². The molecule has 0 aliphatic carbocycles. The van der Waals surface area contributed by atoms with Crippen LogP contribution in [-0.2, 0) is 0 Å². The number of benzene rings is 2. The number of aromatic nitrogens is 2. The number of hydrogen-bond acceptors (Lipinski definition) is 5. The zero-order valence-electron chi connectivity index (χ0n) is 13.9. The molecule has 144 valence electrons. The number of nitrogens with zero attached hydrogens (tertiary/aromatic N) is 3. The van der Waals surface area contributed by atoms with E-state index >= 15 is 0 Å². The summed E-state index contributed by atoms with van der Waals surface area (Å²) in [6, 6.07) is 11.6. The summed E-state index contributed by atoms with van der Waals surface area (Å²) in [4.78, 5) is 22.4. The first-order valence-corrected chi connectivity index (χ1v) is 7.69. The number of hydrogen-bond donors (Lipinski definition) is 1. The lowest BCUT2D eigenvalue weighted by molar-refractivity contribution is -0.384. The monoisotopic (exact) mass is 392 g/mol. The van der Waals surface area contributed by atoms with Crippen LogP contribution in [0.15, 0.2) is 60.8 Å². The lowest BCUT2D eigenvalue weighted by Gasteiger charge is -2.09. The second kappa shape index (κ2) is 7.39. The van der Waals surface area contributed by atoms with E-state index in [4.69, 9.17) is 0 Å². The van der Waals surface area contributed by atoms with Gasteiger partial charge in [-0.2, -0.15) is 5.10 Å². The van der Waals surface area contributed by atoms with Gasteiger partial charge in [-0.3, -0.25) is 14.9 Å². The fourth-order valence-electron chi connectivity index (χ4n) is 2.25. The van der Waals surface area contributed by atoms with Crippen LogP contribution in [-0.4, -0.2) is 27.0 Å². The van der Waals surface area contributed by atoms with Crippen LogP contribution in [0.25, 0.3) is 5.69 Å². The summed E-state index contributed by atoms with van der Waals surface area (Å²) in [5.74, 6) is -0.988. The molecule has 1 heterocycles. The standard InChI is InChI=1S/C17H11F3N4O4/c18-17(19,20)28-14-7-1-11(2-8-14)21-16(25)15-9-10-23(22-15)12-3-5-13(6-4-12)24(26)27/h1-10H,(H,21,25). The van der Waals surface area contributed by atoms with E-state index in [0.29, 0.717) is 5.69 Å². The number of nitro groups is 1. The number of nitro benzene ring substituents is 1. The fourth-order valence-corrected chi connectivity index (χ4v) is 2.25. The van der Waals surface area contributed by atoms with Gasteiger partial charge in [-0.15, -0.1) is 13.2 Å². The van der Waals surface area contributed by atoms with Gasteiger partial charge in [0.2, 0.25) is 0 Å². The molecule has 0 fully saturated rings. The summed E-state index contributed by atoms with van der Waals surface area (Å²) < 4.78 is 41.5. The smallest absolute Gasteiger partial charge is 0.406 e. The highest BCUT2D eigenvalue weighted by atomic mass is 19.4. The van der Waals surface area contributed by atoms with Gasteiger partial charge in [-0.1, -0.05) is 0 Å². The lowest BCUT2D eigenvalue weighted by atomic mass is 10.3. The van der Waals surface area contributed by atoms with Gasteiger partial charge < -0.3 is 10.1 Å². The van der Waals surface area contributed by atoms with Crippen molar-refractivity contribution in [2.45, 2.75) is 6.36 Å². The number of carbonyl (C=O) groups excluding carboxylic acids is 1. The highest BCUT2D eigenvalue weighted by molar-refractivity contribution is 6.02. The first kappa shape index (κ1) is 18.9. The van der Waals surface area contributed by atoms with E-state index in [2.05, 4.69) is 15.2 Å². The van der Waals surface area contributed by atoms with Crippen molar-refractivity contribution >= 4 is 17.3 Å². The molecule has 2 aromatic carbocycles. The molecule has 0 aliphatic heterocycles. The van der Waals surface area contributed by atoms with Gasteiger partial charge in [0.15, 0.2) is 5.69 Å². The molecule has 0 saturated heterocycles. The second-order valence-corrected chi connectivity index (χ2v) is 5.45. The SMILES string of the molecule is O=C(Nc1ccc(OC(F)(F)F)cc1)c1ccn(-c2ccc([N+](=O)[O-])cc2)n1. The molecular formula is C17H11F3N4O4. The van der Waals surface area contributed by atoms with E-state index in [9.17, 15) is 28.1 Å². The lowest BCUT2D eigenvalue weighted by Crippen LogP contribution is -2.17. The Hall–Kier alpha value is -3.89. The largest absolute Gasteiger partial charge is 0.573 e. The van der Waals surface area contributed by atoms with E-state index in [1.165, 1.54) is 53.3 Å². The normalized spacial score (nSPS) is 11.1. The molecular weight excluding hydrogens is 381 g/mol. The summed E-state index contributed by atoms with van der Waals surface area (Å²) in [5.41, 5.74) is 0.739. The van der Waals surface area contributed by atoms with Crippen LogP contribution in [0.1, 0.15) is 10.5 Å². The number of non-ortho nitro benzene ring substituents is 1. The third kappa shape index (κ3) is 4.63. The minimum atomic E-state index is -4.80. The third-order valence-corrected chi connectivity index (χ3v) is 3.49. The first-order valence-electron chi connectivity index (χ1n) is 7.69. The molecule has 3 aromatic rings. The van der Waals surface area contributed by atoms with Crippen molar-refractivity contribution in [3.63, 3.8) is 0 Å². The minimum Gasteiger partial charge on any atom is -0.406 e. The first-order chi connectivity index (χ1) is 13.2. The van der Waals surface area contributed by atoms with E-state index in [0.717, 1.165) is 12.1 Å². The number of alkyl halides is 3. The molecule has 3 rings (SSSR count). The summed E-state index contributed by atoms with van der Waals surface area (Å²) in [6.45, 7) is 0. The zero-order valence-corrected chi connectivity index (χ0v) is 13.9. The quantitative estimate of drug-likeness (QED) is 0.524. The van der Waals surface area contributed by atoms with Crippen LogP contribution in [0, 0.1) is 10.1 Å². The maximum absolute atomic E-state index is 12.2. The Morgan fingerprint density at radius 1 is 1.07 bits per heavy atom. The number of anilines is 1. The van der Waals surface area contributed by atoms with Gasteiger partial charge in [-0.05, 0) is 42.5 Å².